The van der Waals surface area contributed by atoms with Crippen LogP contribution in [0.5, 0.6) is 0 Å². The average Bonchev–Trinajstić information content (AvgIpc) is 2.85. The van der Waals surface area contributed by atoms with E-state index < -0.39 is 0 Å². The van der Waals surface area contributed by atoms with Crippen molar-refractivity contribution in [2.75, 3.05) is 0 Å². The number of rotatable bonds is 4. The van der Waals surface area contributed by atoms with Crippen molar-refractivity contribution in [1.29, 1.82) is 0 Å². The predicted octanol–water partition coefficient (Wildman–Crippen LogP) is -1.92. The molecule has 0 amide bonds. The normalized spacial score (nSPS) is 12.9. The van der Waals surface area contributed by atoms with Gasteiger partial charge in [0.1, 0.15) is 12.2 Å². The monoisotopic (exact) mass is 209 g/mol. The van der Waals surface area contributed by atoms with Crippen LogP contribution in [0.15, 0.2) is 6.33 Å². The highest BCUT2D eigenvalue weighted by molar-refractivity contribution is 4.96. The number of hydrogen-bond acceptors (Lipinski definition) is 7. The first-order chi connectivity index (χ1) is 7.29. The van der Waals surface area contributed by atoms with E-state index in [2.05, 4.69) is 36.0 Å². The Morgan fingerprint density at radius 2 is 2.53 bits per heavy atom. The van der Waals surface area contributed by atoms with Gasteiger partial charge < -0.3 is 0 Å². The Hall–Kier alpha value is -1.87. The number of aromatic amines is 1. The highest BCUT2D eigenvalue weighted by Crippen LogP contribution is 2.09. The van der Waals surface area contributed by atoms with Gasteiger partial charge in [0.05, 0.1) is 13.1 Å². The summed E-state index contributed by atoms with van der Waals surface area (Å²) in [6.07, 6.45) is 1.92. The summed E-state index contributed by atoms with van der Waals surface area (Å²) in [4.78, 5) is 5.39. The maximum absolute atomic E-state index is 5.40. The van der Waals surface area contributed by atoms with Crippen molar-refractivity contribution in [2.45, 2.75) is 12.5 Å². The number of hydrazine groups is 1. The first kappa shape index (κ1) is 9.68. The lowest BCUT2D eigenvalue weighted by Crippen LogP contribution is -2.30. The number of nitrogens with two attached hydrogens (primary N) is 1. The highest BCUT2D eigenvalue weighted by atomic mass is 15.6. The van der Waals surface area contributed by atoms with E-state index in [1.54, 1.807) is 7.05 Å². The average molecular weight is 209 g/mol. The van der Waals surface area contributed by atoms with E-state index in [-0.39, 0.29) is 6.04 Å². The van der Waals surface area contributed by atoms with Crippen LogP contribution >= 0.6 is 0 Å². The van der Waals surface area contributed by atoms with Gasteiger partial charge in [0.2, 0.25) is 0 Å². The summed E-state index contributed by atoms with van der Waals surface area (Å²) >= 11 is 0. The third kappa shape index (κ3) is 2.14. The summed E-state index contributed by atoms with van der Waals surface area (Å²) in [5.41, 5.74) is 2.61. The molecule has 0 radical (unpaired) electrons. The Morgan fingerprint density at radius 1 is 1.67 bits per heavy atom. The number of aryl methyl sites for hydroxylation is 1. The fourth-order valence-electron chi connectivity index (χ4n) is 1.20. The van der Waals surface area contributed by atoms with Crippen LogP contribution in [-0.4, -0.2) is 35.4 Å². The molecule has 2 rings (SSSR count). The smallest absolute Gasteiger partial charge is 0.176 e. The van der Waals surface area contributed by atoms with E-state index >= 15 is 0 Å². The molecule has 1 atom stereocenters. The molecule has 0 aliphatic rings. The van der Waals surface area contributed by atoms with Crippen molar-refractivity contribution in [3.63, 3.8) is 0 Å². The Kier molecular flexibility index (Phi) is 2.65. The van der Waals surface area contributed by atoms with Crippen LogP contribution in [0.25, 0.3) is 0 Å². The maximum Gasteiger partial charge on any atom is 0.176 e. The van der Waals surface area contributed by atoms with Crippen molar-refractivity contribution in [1.82, 2.24) is 40.8 Å². The second kappa shape index (κ2) is 4.11. The molecule has 2 heterocycles. The quantitative estimate of drug-likeness (QED) is 0.396. The van der Waals surface area contributed by atoms with Gasteiger partial charge in [-0.25, -0.2) is 10.4 Å². The Labute approximate surface area is 85.0 Å². The molecule has 0 aliphatic heterocycles. The molecule has 15 heavy (non-hydrogen) atoms. The molecule has 9 heteroatoms. The Bertz CT molecular complexity index is 404. The molecule has 80 valence electrons. The number of hydrogen-bond donors (Lipinski definition) is 3. The van der Waals surface area contributed by atoms with Crippen LogP contribution in [0, 0.1) is 0 Å². The van der Waals surface area contributed by atoms with Gasteiger partial charge in [0, 0.05) is 6.42 Å². The van der Waals surface area contributed by atoms with Crippen LogP contribution in [0.4, 0.5) is 0 Å². The fourth-order valence-corrected chi connectivity index (χ4v) is 1.20. The fraction of sp³-hybridized carbons (Fsp3) is 0.500. The number of nitrogens with zero attached hydrogens (tertiary/aromatic N) is 6. The van der Waals surface area contributed by atoms with Crippen molar-refractivity contribution in [3.8, 4) is 0 Å². The van der Waals surface area contributed by atoms with Gasteiger partial charge in [-0.2, -0.15) is 9.90 Å². The molecule has 0 aromatic carbocycles. The molecule has 0 fully saturated rings. The van der Waals surface area contributed by atoms with Gasteiger partial charge in [-0.1, -0.05) is 0 Å². The van der Waals surface area contributed by atoms with Crippen LogP contribution < -0.4 is 11.3 Å². The van der Waals surface area contributed by atoms with E-state index in [4.69, 9.17) is 5.84 Å². The molecule has 1 unspecified atom stereocenters. The van der Waals surface area contributed by atoms with Gasteiger partial charge in [0.25, 0.3) is 0 Å². The minimum Gasteiger partial charge on any atom is -0.271 e. The second-order valence-corrected chi connectivity index (χ2v) is 2.99. The van der Waals surface area contributed by atoms with Crippen LogP contribution in [0.3, 0.4) is 0 Å². The van der Waals surface area contributed by atoms with Gasteiger partial charge in [-0.3, -0.25) is 10.9 Å². The van der Waals surface area contributed by atoms with Crippen molar-refractivity contribution in [2.24, 2.45) is 12.9 Å². The second-order valence-electron chi connectivity index (χ2n) is 2.99. The molecule has 9 nitrogen and oxygen atoms in total. The zero-order valence-corrected chi connectivity index (χ0v) is 8.12. The van der Waals surface area contributed by atoms with E-state index in [1.165, 1.54) is 11.1 Å². The van der Waals surface area contributed by atoms with Gasteiger partial charge in [-0.15, -0.1) is 10.2 Å². The molecule has 0 aliphatic carbocycles. The van der Waals surface area contributed by atoms with Crippen molar-refractivity contribution >= 4 is 0 Å². The Morgan fingerprint density at radius 3 is 3.07 bits per heavy atom. The lowest BCUT2D eigenvalue weighted by molar-refractivity contribution is 0.511. The summed E-state index contributed by atoms with van der Waals surface area (Å²) in [6.45, 7) is 0. The number of H-pyrrole nitrogens is 1. The molecular weight excluding hydrogens is 198 g/mol. The first-order valence-corrected chi connectivity index (χ1v) is 4.34. The molecule has 2 aromatic rings. The number of aromatic nitrogens is 7. The number of tetrazole rings is 1. The minimum atomic E-state index is -0.198. The molecule has 4 N–H and O–H groups in total. The van der Waals surface area contributed by atoms with E-state index in [1.807, 2.05) is 0 Å². The summed E-state index contributed by atoms with van der Waals surface area (Å²) in [7, 11) is 1.70. The third-order valence-corrected chi connectivity index (χ3v) is 1.90. The van der Waals surface area contributed by atoms with E-state index in [0.29, 0.717) is 18.1 Å². The van der Waals surface area contributed by atoms with Gasteiger partial charge >= 0.3 is 0 Å². The van der Waals surface area contributed by atoms with Crippen LogP contribution in [-0.2, 0) is 13.5 Å². The van der Waals surface area contributed by atoms with E-state index in [9.17, 15) is 0 Å². The largest absolute Gasteiger partial charge is 0.271 e. The summed E-state index contributed by atoms with van der Waals surface area (Å²) < 4.78 is 0. The predicted molar refractivity (Wildman–Crippen MR) is 48.9 cm³/mol. The summed E-state index contributed by atoms with van der Waals surface area (Å²) in [5.74, 6) is 6.64. The minimum absolute atomic E-state index is 0.198. The zero-order valence-electron chi connectivity index (χ0n) is 8.12. The lowest BCUT2D eigenvalue weighted by Gasteiger charge is -2.09. The highest BCUT2D eigenvalue weighted by Gasteiger charge is 2.15. The van der Waals surface area contributed by atoms with Crippen LogP contribution in [0.1, 0.15) is 17.7 Å². The molecule has 0 bridgehead atoms. The topological polar surface area (TPSA) is 123 Å². The summed E-state index contributed by atoms with van der Waals surface area (Å²) in [5, 5.41) is 18.1. The molecule has 0 spiro atoms. The Balaban J connectivity index is 2.09. The standard InChI is InChI=1S/C6H11N9/c1-15-13-5(11-14-15)2-4(10-7)6-8-3-9-12-6/h3-4,10H,2,7H2,1H3,(H,8,9,12). The molecular formula is C6H11N9. The number of nitrogens with one attached hydrogen (secondary N) is 2. The summed E-state index contributed by atoms with van der Waals surface area (Å²) in [6, 6.07) is -0.198. The molecule has 2 aromatic heterocycles. The van der Waals surface area contributed by atoms with Gasteiger partial charge in [0.15, 0.2) is 5.82 Å². The first-order valence-electron chi connectivity index (χ1n) is 4.34. The van der Waals surface area contributed by atoms with Crippen molar-refractivity contribution in [3.05, 3.63) is 18.0 Å². The lowest BCUT2D eigenvalue weighted by atomic mass is 10.2. The van der Waals surface area contributed by atoms with Crippen molar-refractivity contribution < 1.29 is 0 Å². The third-order valence-electron chi connectivity index (χ3n) is 1.90. The zero-order chi connectivity index (χ0) is 10.7. The molecule has 0 saturated heterocycles. The van der Waals surface area contributed by atoms with Gasteiger partial charge in [-0.05, 0) is 5.21 Å². The van der Waals surface area contributed by atoms with Crippen LogP contribution in [0.2, 0.25) is 0 Å². The SMILES string of the molecule is Cn1nnc(CC(NN)c2ncn[nH]2)n1. The maximum atomic E-state index is 5.40. The van der Waals surface area contributed by atoms with E-state index in [0.717, 1.165) is 0 Å². The molecule has 0 saturated carbocycles.